The van der Waals surface area contributed by atoms with E-state index in [0.717, 1.165) is 0 Å². The molecule has 2 unspecified atom stereocenters. The Labute approximate surface area is 91.9 Å². The highest BCUT2D eigenvalue weighted by molar-refractivity contribution is 7.56. The Bertz CT molecular complexity index is 373. The van der Waals surface area contributed by atoms with Gasteiger partial charge in [-0.15, -0.1) is 0 Å². The fourth-order valence-corrected chi connectivity index (χ4v) is 2.57. The predicted molar refractivity (Wildman–Crippen MR) is 54.1 cm³/mol. The molecule has 7 nitrogen and oxygen atoms in total. The number of hydrogen-bond acceptors (Lipinski definition) is 4. The van der Waals surface area contributed by atoms with Gasteiger partial charge in [-0.05, 0) is 0 Å². The van der Waals surface area contributed by atoms with Gasteiger partial charge in [-0.25, -0.2) is 0 Å². The number of rotatable bonds is 2. The van der Waals surface area contributed by atoms with Crippen LogP contribution in [-0.2, 0) is 9.36 Å². The minimum atomic E-state index is -4.58. The molecule has 0 aliphatic heterocycles. The highest BCUT2D eigenvalue weighted by atomic mass is 31.2. The summed E-state index contributed by atoms with van der Waals surface area (Å²) in [5.74, 6) is -0.531. The van der Waals surface area contributed by atoms with Crippen molar-refractivity contribution in [2.75, 3.05) is 0 Å². The zero-order valence-corrected chi connectivity index (χ0v) is 9.52. The van der Waals surface area contributed by atoms with Crippen molar-refractivity contribution in [3.05, 3.63) is 11.0 Å². The molecule has 0 aromatic heterocycles. The van der Waals surface area contributed by atoms with Crippen molar-refractivity contribution in [3.63, 3.8) is 0 Å². The van der Waals surface area contributed by atoms with Crippen molar-refractivity contribution in [1.82, 2.24) is 5.32 Å². The molecule has 2 atom stereocenters. The molecule has 5 N–H and O–H groups in total. The second-order valence-electron chi connectivity index (χ2n) is 3.70. The molecule has 1 aliphatic rings. The Morgan fingerprint density at radius 2 is 2.00 bits per heavy atom. The third kappa shape index (κ3) is 3.13. The average Bonchev–Trinajstić information content (AvgIpc) is 2.06. The summed E-state index contributed by atoms with van der Waals surface area (Å²) in [6, 6.07) is 0. The molecule has 92 valence electrons. The molecular formula is C8H14NO6P. The zero-order valence-electron chi connectivity index (χ0n) is 8.62. The second-order valence-corrected chi connectivity index (χ2v) is 5.32. The maximum atomic E-state index is 11.1. The molecule has 0 aromatic carbocycles. The van der Waals surface area contributed by atoms with E-state index in [-0.39, 0.29) is 18.5 Å². The van der Waals surface area contributed by atoms with Gasteiger partial charge in [-0.1, -0.05) is 0 Å². The Morgan fingerprint density at radius 3 is 2.44 bits per heavy atom. The lowest BCUT2D eigenvalue weighted by molar-refractivity contribution is -0.118. The normalized spacial score (nSPS) is 26.8. The standard InChI is InChI=1S/C8H14NO6P/c1-4(10)9-8-6(12)2-5(11)3-7(8)16(13,14)15/h5-6,11-12H,2-3H2,1H3,(H,9,10)(H2,13,14,15). The molecule has 8 heteroatoms. The topological polar surface area (TPSA) is 127 Å². The summed E-state index contributed by atoms with van der Waals surface area (Å²) in [5, 5.41) is 20.6. The first-order valence-electron chi connectivity index (χ1n) is 4.64. The number of hydrogen-bond donors (Lipinski definition) is 5. The van der Waals surface area contributed by atoms with Gasteiger partial charge in [0.15, 0.2) is 0 Å². The summed E-state index contributed by atoms with van der Waals surface area (Å²) in [7, 11) is -4.58. The van der Waals surface area contributed by atoms with Crippen LogP contribution in [-0.4, -0.2) is 38.1 Å². The van der Waals surface area contributed by atoms with Crippen molar-refractivity contribution in [2.45, 2.75) is 32.0 Å². The molecule has 0 fully saturated rings. The van der Waals surface area contributed by atoms with Crippen LogP contribution in [0.2, 0.25) is 0 Å². The van der Waals surface area contributed by atoms with Crippen LogP contribution in [0.25, 0.3) is 0 Å². The largest absolute Gasteiger partial charge is 0.393 e. The lowest BCUT2D eigenvalue weighted by Crippen LogP contribution is -2.36. The first-order valence-corrected chi connectivity index (χ1v) is 6.26. The molecule has 0 aromatic rings. The van der Waals surface area contributed by atoms with Crippen LogP contribution in [0.15, 0.2) is 11.0 Å². The van der Waals surface area contributed by atoms with E-state index in [1.807, 2.05) is 0 Å². The fraction of sp³-hybridized carbons (Fsp3) is 0.625. The first-order chi connectivity index (χ1) is 7.21. The summed E-state index contributed by atoms with van der Waals surface area (Å²) < 4.78 is 11.1. The smallest absolute Gasteiger partial charge is 0.354 e. The molecule has 0 heterocycles. The van der Waals surface area contributed by atoms with Crippen LogP contribution in [0.5, 0.6) is 0 Å². The lowest BCUT2D eigenvalue weighted by atomic mass is 9.98. The van der Waals surface area contributed by atoms with Crippen LogP contribution in [0, 0.1) is 0 Å². The maximum absolute atomic E-state index is 11.1. The van der Waals surface area contributed by atoms with Gasteiger partial charge >= 0.3 is 7.60 Å². The average molecular weight is 251 g/mol. The van der Waals surface area contributed by atoms with Crippen molar-refractivity contribution in [1.29, 1.82) is 0 Å². The van der Waals surface area contributed by atoms with E-state index in [2.05, 4.69) is 5.32 Å². The minimum absolute atomic E-state index is 0.0564. The second kappa shape index (κ2) is 4.65. The Morgan fingerprint density at radius 1 is 1.44 bits per heavy atom. The van der Waals surface area contributed by atoms with E-state index in [0.29, 0.717) is 0 Å². The molecule has 1 rings (SSSR count). The molecule has 1 amide bonds. The van der Waals surface area contributed by atoms with E-state index in [1.54, 1.807) is 0 Å². The van der Waals surface area contributed by atoms with Gasteiger partial charge in [-0.2, -0.15) is 0 Å². The Kier molecular flexibility index (Phi) is 3.88. The number of aliphatic hydroxyl groups is 2. The summed E-state index contributed by atoms with van der Waals surface area (Å²) >= 11 is 0. The fourth-order valence-electron chi connectivity index (χ4n) is 1.61. The molecule has 0 bridgehead atoms. The van der Waals surface area contributed by atoms with Crippen LogP contribution < -0.4 is 5.32 Å². The van der Waals surface area contributed by atoms with Crippen LogP contribution in [0.1, 0.15) is 19.8 Å². The predicted octanol–water partition coefficient (Wildman–Crippen LogP) is -0.973. The molecule has 16 heavy (non-hydrogen) atoms. The van der Waals surface area contributed by atoms with Crippen molar-refractivity contribution < 1.29 is 29.4 Å². The number of aliphatic hydroxyl groups excluding tert-OH is 2. The van der Waals surface area contributed by atoms with E-state index in [9.17, 15) is 19.6 Å². The van der Waals surface area contributed by atoms with Crippen LogP contribution >= 0.6 is 7.60 Å². The van der Waals surface area contributed by atoms with Gasteiger partial charge in [0.05, 0.1) is 23.2 Å². The SMILES string of the molecule is CC(=O)NC1=C(P(=O)(O)O)CC(O)CC1O. The molecule has 0 radical (unpaired) electrons. The third-order valence-corrected chi connectivity index (χ3v) is 3.36. The Hall–Kier alpha value is -0.720. The van der Waals surface area contributed by atoms with E-state index in [1.165, 1.54) is 6.92 Å². The van der Waals surface area contributed by atoms with E-state index < -0.39 is 31.0 Å². The minimum Gasteiger partial charge on any atom is -0.393 e. The highest BCUT2D eigenvalue weighted by Crippen LogP contribution is 2.51. The summed E-state index contributed by atoms with van der Waals surface area (Å²) in [6.07, 6.45) is -2.60. The van der Waals surface area contributed by atoms with Gasteiger partial charge in [0.25, 0.3) is 0 Å². The molecule has 0 saturated carbocycles. The van der Waals surface area contributed by atoms with Gasteiger partial charge in [0.2, 0.25) is 5.91 Å². The van der Waals surface area contributed by atoms with Gasteiger partial charge in [-0.3, -0.25) is 9.36 Å². The maximum Gasteiger partial charge on any atom is 0.354 e. The molecule has 0 saturated heterocycles. The van der Waals surface area contributed by atoms with Crippen molar-refractivity contribution in [2.24, 2.45) is 0 Å². The first kappa shape index (κ1) is 13.3. The van der Waals surface area contributed by atoms with E-state index >= 15 is 0 Å². The lowest BCUT2D eigenvalue weighted by Gasteiger charge is -2.28. The number of nitrogens with one attached hydrogen (secondary N) is 1. The third-order valence-electron chi connectivity index (χ3n) is 2.23. The van der Waals surface area contributed by atoms with E-state index in [4.69, 9.17) is 9.79 Å². The van der Waals surface area contributed by atoms with Crippen LogP contribution in [0.3, 0.4) is 0 Å². The zero-order chi connectivity index (χ0) is 12.5. The molecule has 0 spiro atoms. The quantitative estimate of drug-likeness (QED) is 0.402. The summed E-state index contributed by atoms with van der Waals surface area (Å²) in [6.45, 7) is 1.17. The monoisotopic (exact) mass is 251 g/mol. The summed E-state index contributed by atoms with van der Waals surface area (Å²) in [4.78, 5) is 28.9. The summed E-state index contributed by atoms with van der Waals surface area (Å²) in [5.41, 5.74) is -0.189. The molecule has 1 aliphatic carbocycles. The highest BCUT2D eigenvalue weighted by Gasteiger charge is 2.35. The Balaban J connectivity index is 3.16. The number of carbonyl (C=O) groups is 1. The van der Waals surface area contributed by atoms with Crippen molar-refractivity contribution >= 4 is 13.5 Å². The van der Waals surface area contributed by atoms with Crippen molar-refractivity contribution in [3.8, 4) is 0 Å². The van der Waals surface area contributed by atoms with Gasteiger partial charge in [0.1, 0.15) is 0 Å². The van der Waals surface area contributed by atoms with Gasteiger partial charge in [0, 0.05) is 19.8 Å². The number of amides is 1. The van der Waals surface area contributed by atoms with Crippen LogP contribution in [0.4, 0.5) is 0 Å². The van der Waals surface area contributed by atoms with Gasteiger partial charge < -0.3 is 25.3 Å². The number of carbonyl (C=O) groups excluding carboxylic acids is 1. The molecular weight excluding hydrogens is 237 g/mol.